The van der Waals surface area contributed by atoms with Gasteiger partial charge in [-0.25, -0.2) is 0 Å². The predicted octanol–water partition coefficient (Wildman–Crippen LogP) is 1.61. The van der Waals surface area contributed by atoms with Gasteiger partial charge in [0.25, 0.3) is 5.91 Å². The van der Waals surface area contributed by atoms with Crippen molar-refractivity contribution in [3.05, 3.63) is 21.9 Å². The van der Waals surface area contributed by atoms with Crippen LogP contribution in [0, 0.1) is 11.8 Å². The molecule has 1 fully saturated rings. The highest BCUT2D eigenvalue weighted by molar-refractivity contribution is 7.12. The molecule has 0 radical (unpaired) electrons. The van der Waals surface area contributed by atoms with E-state index in [-0.39, 0.29) is 5.91 Å². The lowest BCUT2D eigenvalue weighted by molar-refractivity contribution is 0.0651. The Kier molecular flexibility index (Phi) is 5.80. The van der Waals surface area contributed by atoms with Crippen LogP contribution in [0.2, 0.25) is 0 Å². The Hall–Kier alpha value is -1.35. The minimum Gasteiger partial charge on any atom is -0.338 e. The largest absolute Gasteiger partial charge is 0.338 e. The molecule has 1 aromatic heterocycles. The summed E-state index contributed by atoms with van der Waals surface area (Å²) in [6.07, 6.45) is 2.09. The fourth-order valence-electron chi connectivity index (χ4n) is 2.67. The smallest absolute Gasteiger partial charge is 0.265 e. The fraction of sp³-hybridized carbons (Fsp3) is 0.562. The number of amides is 1. The molecular weight excluding hydrogens is 282 g/mol. The molecule has 1 aliphatic heterocycles. The summed E-state index contributed by atoms with van der Waals surface area (Å²) < 4.78 is 0. The molecule has 1 amide bonds. The van der Waals surface area contributed by atoms with E-state index in [4.69, 9.17) is 5.73 Å². The van der Waals surface area contributed by atoms with Gasteiger partial charge in [0, 0.05) is 31.7 Å². The molecule has 21 heavy (non-hydrogen) atoms. The van der Waals surface area contributed by atoms with Crippen molar-refractivity contribution in [2.45, 2.75) is 25.8 Å². The van der Waals surface area contributed by atoms with E-state index in [1.807, 2.05) is 23.4 Å². The molecule has 0 unspecified atom stereocenters. The predicted molar refractivity (Wildman–Crippen MR) is 87.5 cm³/mol. The number of carbonyl (C=O) groups is 1. The van der Waals surface area contributed by atoms with Crippen LogP contribution in [0.3, 0.4) is 0 Å². The maximum atomic E-state index is 12.7. The van der Waals surface area contributed by atoms with Crippen molar-refractivity contribution in [2.75, 3.05) is 33.2 Å². The average Bonchev–Trinajstić information content (AvgIpc) is 3.00. The highest BCUT2D eigenvalue weighted by atomic mass is 32.1. The monoisotopic (exact) mass is 305 g/mol. The number of rotatable bonds is 3. The number of nitrogens with zero attached hydrogens (tertiary/aromatic N) is 2. The van der Waals surface area contributed by atoms with Gasteiger partial charge in [-0.15, -0.1) is 11.3 Å². The number of piperidine rings is 1. The molecule has 4 nitrogen and oxygen atoms in total. The van der Waals surface area contributed by atoms with E-state index in [0.717, 1.165) is 42.9 Å². The lowest BCUT2D eigenvalue weighted by atomic mass is 10.0. The van der Waals surface area contributed by atoms with Crippen LogP contribution >= 0.6 is 11.3 Å². The highest BCUT2D eigenvalue weighted by Crippen LogP contribution is 2.22. The van der Waals surface area contributed by atoms with Crippen LogP contribution in [0.4, 0.5) is 0 Å². The molecular formula is C16H23N3OS. The van der Waals surface area contributed by atoms with Crippen molar-refractivity contribution in [3.8, 4) is 11.8 Å². The standard InChI is InChI=1S/C16H23N3OS/c1-3-19-10-6-14(7-11-19)18(2)16(20)15-13(5-4-9-17)8-12-21-15/h8,12,14H,3,6-7,9-11,17H2,1-2H3. The SMILES string of the molecule is CCN1CCC(N(C)C(=O)c2sccc2C#CCN)CC1. The van der Waals surface area contributed by atoms with E-state index in [1.165, 1.54) is 11.3 Å². The van der Waals surface area contributed by atoms with Gasteiger partial charge in [0.15, 0.2) is 0 Å². The minimum absolute atomic E-state index is 0.0845. The number of thiophene rings is 1. The number of carbonyl (C=O) groups excluding carboxylic acids is 1. The first kappa shape index (κ1) is 16.0. The first-order valence-corrected chi connectivity index (χ1v) is 8.31. The zero-order valence-electron chi connectivity index (χ0n) is 12.8. The van der Waals surface area contributed by atoms with Crippen LogP contribution in [0.15, 0.2) is 11.4 Å². The summed E-state index contributed by atoms with van der Waals surface area (Å²) in [5.41, 5.74) is 6.20. The van der Waals surface area contributed by atoms with Crippen molar-refractivity contribution < 1.29 is 4.79 Å². The summed E-state index contributed by atoms with van der Waals surface area (Å²) in [5, 5.41) is 1.92. The van der Waals surface area contributed by atoms with Gasteiger partial charge in [0.05, 0.1) is 6.54 Å². The second-order valence-corrected chi connectivity index (χ2v) is 6.17. The summed E-state index contributed by atoms with van der Waals surface area (Å²) >= 11 is 1.46. The van der Waals surface area contributed by atoms with E-state index in [1.54, 1.807) is 0 Å². The molecule has 2 heterocycles. The molecule has 0 spiro atoms. The Bertz CT molecular complexity index is 535. The van der Waals surface area contributed by atoms with E-state index >= 15 is 0 Å². The number of likely N-dealkylation sites (tertiary alicyclic amines) is 1. The van der Waals surface area contributed by atoms with Crippen molar-refractivity contribution >= 4 is 17.2 Å². The van der Waals surface area contributed by atoms with Crippen molar-refractivity contribution in [1.29, 1.82) is 0 Å². The third kappa shape index (κ3) is 3.85. The van der Waals surface area contributed by atoms with Crippen LogP contribution in [-0.2, 0) is 0 Å². The molecule has 1 aliphatic rings. The van der Waals surface area contributed by atoms with Gasteiger partial charge in [-0.2, -0.15) is 0 Å². The van der Waals surface area contributed by atoms with Gasteiger partial charge >= 0.3 is 0 Å². The van der Waals surface area contributed by atoms with Crippen molar-refractivity contribution in [2.24, 2.45) is 5.73 Å². The third-order valence-corrected chi connectivity index (χ3v) is 4.96. The zero-order chi connectivity index (χ0) is 15.2. The Balaban J connectivity index is 2.04. The molecule has 1 aromatic rings. The van der Waals surface area contributed by atoms with Crippen LogP contribution in [0.5, 0.6) is 0 Å². The number of hydrogen-bond donors (Lipinski definition) is 1. The van der Waals surface area contributed by atoms with Gasteiger partial charge in [0.1, 0.15) is 4.88 Å². The summed E-state index contributed by atoms with van der Waals surface area (Å²) in [6, 6.07) is 2.23. The third-order valence-electron chi connectivity index (χ3n) is 4.06. The fourth-order valence-corrected chi connectivity index (χ4v) is 3.50. The molecule has 5 heteroatoms. The highest BCUT2D eigenvalue weighted by Gasteiger charge is 2.26. The zero-order valence-corrected chi connectivity index (χ0v) is 13.6. The quantitative estimate of drug-likeness (QED) is 0.863. The normalized spacial score (nSPS) is 16.3. The van der Waals surface area contributed by atoms with Crippen LogP contribution in [0.1, 0.15) is 35.0 Å². The van der Waals surface area contributed by atoms with E-state index < -0.39 is 0 Å². The molecule has 0 saturated carbocycles. The lowest BCUT2D eigenvalue weighted by Gasteiger charge is -2.36. The van der Waals surface area contributed by atoms with E-state index in [0.29, 0.717) is 12.6 Å². The van der Waals surface area contributed by atoms with Crippen LogP contribution in [0.25, 0.3) is 0 Å². The van der Waals surface area contributed by atoms with Gasteiger partial charge in [-0.1, -0.05) is 18.8 Å². The van der Waals surface area contributed by atoms with Crippen LogP contribution in [-0.4, -0.2) is 55.0 Å². The Morgan fingerprint density at radius 1 is 1.52 bits per heavy atom. The van der Waals surface area contributed by atoms with Crippen molar-refractivity contribution in [3.63, 3.8) is 0 Å². The molecule has 1 saturated heterocycles. The molecule has 0 aliphatic carbocycles. The summed E-state index contributed by atoms with van der Waals surface area (Å²) in [5.74, 6) is 5.90. The van der Waals surface area contributed by atoms with Crippen molar-refractivity contribution in [1.82, 2.24) is 9.80 Å². The molecule has 0 aromatic carbocycles. The summed E-state index contributed by atoms with van der Waals surface area (Å²) in [4.78, 5) is 17.7. The summed E-state index contributed by atoms with van der Waals surface area (Å²) in [7, 11) is 1.91. The second kappa shape index (κ2) is 7.60. The van der Waals surface area contributed by atoms with Gasteiger partial charge in [-0.05, 0) is 30.8 Å². The van der Waals surface area contributed by atoms with Gasteiger partial charge in [0.2, 0.25) is 0 Å². The minimum atomic E-state index is 0.0845. The maximum Gasteiger partial charge on any atom is 0.265 e. The van der Waals surface area contributed by atoms with E-state index in [9.17, 15) is 4.79 Å². The summed E-state index contributed by atoms with van der Waals surface area (Å²) in [6.45, 7) is 5.73. The first-order chi connectivity index (χ1) is 10.2. The Morgan fingerprint density at radius 2 is 2.24 bits per heavy atom. The van der Waals surface area contributed by atoms with Crippen LogP contribution < -0.4 is 5.73 Å². The number of nitrogens with two attached hydrogens (primary N) is 1. The first-order valence-electron chi connectivity index (χ1n) is 7.43. The van der Waals surface area contributed by atoms with Gasteiger partial charge < -0.3 is 15.5 Å². The Labute approximate surface area is 130 Å². The number of hydrogen-bond acceptors (Lipinski definition) is 4. The van der Waals surface area contributed by atoms with Gasteiger partial charge in [-0.3, -0.25) is 4.79 Å². The molecule has 114 valence electrons. The molecule has 2 N–H and O–H groups in total. The maximum absolute atomic E-state index is 12.7. The molecule has 2 rings (SSSR count). The average molecular weight is 305 g/mol. The van der Waals surface area contributed by atoms with E-state index in [2.05, 4.69) is 23.7 Å². The molecule has 0 bridgehead atoms. The molecule has 0 atom stereocenters. The lowest BCUT2D eigenvalue weighted by Crippen LogP contribution is -2.45. The Morgan fingerprint density at radius 3 is 2.86 bits per heavy atom. The topological polar surface area (TPSA) is 49.6 Å². The second-order valence-electron chi connectivity index (χ2n) is 5.25.